The van der Waals surface area contributed by atoms with Crippen molar-refractivity contribution in [2.75, 3.05) is 7.11 Å². The van der Waals surface area contributed by atoms with Crippen molar-refractivity contribution < 1.29 is 52.0 Å². The number of nitrogens with zero attached hydrogens (tertiary/aromatic N) is 1. The van der Waals surface area contributed by atoms with Crippen molar-refractivity contribution in [1.29, 1.82) is 0 Å². The van der Waals surface area contributed by atoms with Crippen molar-refractivity contribution in [1.82, 2.24) is 4.98 Å². The lowest BCUT2D eigenvalue weighted by atomic mass is 10.00. The van der Waals surface area contributed by atoms with Crippen LogP contribution in [-0.2, 0) is 19.1 Å². The van der Waals surface area contributed by atoms with Crippen LogP contribution in [0.1, 0.15) is 72.3 Å². The van der Waals surface area contributed by atoms with Crippen LogP contribution in [0.3, 0.4) is 0 Å². The van der Waals surface area contributed by atoms with Gasteiger partial charge in [0.05, 0.1) is 13.0 Å². The summed E-state index contributed by atoms with van der Waals surface area (Å²) in [4.78, 5) is 40.8. The number of aromatic hydroxyl groups is 1. The molecule has 300 valence electrons. The van der Waals surface area contributed by atoms with Crippen molar-refractivity contribution in [2.24, 2.45) is 23.5 Å². The van der Waals surface area contributed by atoms with Crippen molar-refractivity contribution in [3.8, 4) is 23.0 Å². The number of aromatic nitrogens is 1. The Bertz CT molecular complexity index is 1660. The summed E-state index contributed by atoms with van der Waals surface area (Å²) < 4.78 is 54.2. The van der Waals surface area contributed by atoms with Gasteiger partial charge in [-0.25, -0.2) is 13.8 Å². The number of rotatable bonds is 16. The lowest BCUT2D eigenvalue weighted by Crippen LogP contribution is -2.41. The number of ether oxygens (including phenoxy) is 5. The Balaban J connectivity index is 0.000000577. The van der Waals surface area contributed by atoms with E-state index in [1.807, 2.05) is 27.7 Å². The molecule has 0 fully saturated rings. The molecule has 6 atom stereocenters. The number of carbonyl (C=O) groups is 3. The standard InChI is InChI=1S/C23H27ClFNO6.C15H21ClFNO3.ClH/c1-12(2)22(14(4)31-17-10-15(24)9-16(25)11-17)32-23(29)13(3)8-18(27)20-21(28)19(30-5)6-7-26-20;1-8(2)14(21-15(19)9(3)18)10(4)20-13-6-11(16)5-12(17)7-13;/h6-7,9-14,22,28H,8H2,1-5H3;5-10,14H,18H2,1-4H3;1H/t13-,14+,22-;9-,10-,14+;/m10./s1. The maximum Gasteiger partial charge on any atom is 0.323 e. The first-order valence-corrected chi connectivity index (χ1v) is 17.7. The van der Waals surface area contributed by atoms with Crippen LogP contribution in [-0.4, -0.2) is 65.4 Å². The molecule has 0 spiro atoms. The number of pyridine rings is 1. The molecule has 0 aliphatic carbocycles. The number of halogens is 5. The van der Waals surface area contributed by atoms with Gasteiger partial charge in [0.1, 0.15) is 53.6 Å². The summed E-state index contributed by atoms with van der Waals surface area (Å²) >= 11 is 11.6. The fraction of sp³-hybridized carbons (Fsp3) is 0.474. The molecule has 3 rings (SSSR count). The van der Waals surface area contributed by atoms with E-state index in [0.717, 1.165) is 6.07 Å². The van der Waals surface area contributed by atoms with Gasteiger partial charge in [0.2, 0.25) is 0 Å². The highest BCUT2D eigenvalue weighted by Gasteiger charge is 2.31. The van der Waals surface area contributed by atoms with Gasteiger partial charge in [0.25, 0.3) is 0 Å². The molecule has 0 amide bonds. The Labute approximate surface area is 331 Å². The van der Waals surface area contributed by atoms with Crippen LogP contribution in [0.15, 0.2) is 48.7 Å². The lowest BCUT2D eigenvalue weighted by Gasteiger charge is -2.29. The Kier molecular flexibility index (Phi) is 20.0. The maximum absolute atomic E-state index is 13.6. The Morgan fingerprint density at radius 3 is 1.61 bits per heavy atom. The van der Waals surface area contributed by atoms with Crippen molar-refractivity contribution in [3.63, 3.8) is 0 Å². The highest BCUT2D eigenvalue weighted by molar-refractivity contribution is 6.31. The topological polar surface area (TPSA) is 156 Å². The van der Waals surface area contributed by atoms with Gasteiger partial charge in [0.15, 0.2) is 23.0 Å². The van der Waals surface area contributed by atoms with Gasteiger partial charge < -0.3 is 34.5 Å². The fourth-order valence-corrected chi connectivity index (χ4v) is 5.48. The Hall–Kier alpha value is -3.91. The average molecular weight is 822 g/mol. The van der Waals surface area contributed by atoms with Crippen molar-refractivity contribution in [3.05, 3.63) is 76.0 Å². The molecule has 0 aliphatic heterocycles. The number of Topliss-reactive ketones (excluding diaryl/α,β-unsaturated/α-hetero) is 1. The number of nitrogens with two attached hydrogens (primary N) is 1. The van der Waals surface area contributed by atoms with Crippen LogP contribution in [0.25, 0.3) is 0 Å². The van der Waals surface area contributed by atoms with Gasteiger partial charge in [-0.3, -0.25) is 14.4 Å². The largest absolute Gasteiger partial charge is 0.503 e. The number of hydrogen-bond acceptors (Lipinski definition) is 11. The Morgan fingerprint density at radius 1 is 0.778 bits per heavy atom. The zero-order chi connectivity index (χ0) is 40.2. The average Bonchev–Trinajstić information content (AvgIpc) is 3.04. The zero-order valence-electron chi connectivity index (χ0n) is 31.6. The minimum Gasteiger partial charge on any atom is -0.503 e. The van der Waals surface area contributed by atoms with Gasteiger partial charge in [-0.1, -0.05) is 57.8 Å². The molecule has 1 aromatic heterocycles. The Morgan fingerprint density at radius 2 is 1.22 bits per heavy atom. The summed E-state index contributed by atoms with van der Waals surface area (Å²) in [6, 6.07) is 8.46. The zero-order valence-corrected chi connectivity index (χ0v) is 33.9. The third kappa shape index (κ3) is 15.1. The molecule has 3 aromatic rings. The van der Waals surface area contributed by atoms with Crippen LogP contribution >= 0.6 is 35.6 Å². The van der Waals surface area contributed by atoms with E-state index in [1.165, 1.54) is 49.7 Å². The van der Waals surface area contributed by atoms with Crippen molar-refractivity contribution >= 4 is 53.3 Å². The molecule has 0 radical (unpaired) electrons. The normalized spacial score (nSPS) is 14.2. The summed E-state index contributed by atoms with van der Waals surface area (Å²) in [5, 5.41) is 10.5. The summed E-state index contributed by atoms with van der Waals surface area (Å²) in [6.07, 6.45) is -1.11. The molecule has 0 unspecified atom stereocenters. The number of ketones is 1. The smallest absolute Gasteiger partial charge is 0.323 e. The molecule has 1 heterocycles. The quantitative estimate of drug-likeness (QED) is 0.106. The van der Waals surface area contributed by atoms with E-state index in [2.05, 4.69) is 4.98 Å². The third-order valence-electron chi connectivity index (χ3n) is 7.70. The third-order valence-corrected chi connectivity index (χ3v) is 8.13. The predicted octanol–water partition coefficient (Wildman–Crippen LogP) is 8.42. The number of hydrogen-bond donors (Lipinski definition) is 2. The van der Waals surface area contributed by atoms with E-state index < -0.39 is 65.7 Å². The lowest BCUT2D eigenvalue weighted by molar-refractivity contribution is -0.161. The maximum atomic E-state index is 13.6. The van der Waals surface area contributed by atoms with Gasteiger partial charge in [0, 0.05) is 40.9 Å². The molecule has 0 bridgehead atoms. The summed E-state index contributed by atoms with van der Waals surface area (Å²) in [6.45, 7) is 14.1. The fourth-order valence-electron chi connectivity index (χ4n) is 5.06. The first kappa shape index (κ1) is 48.1. The van der Waals surface area contributed by atoms with Crippen LogP contribution in [0.2, 0.25) is 10.0 Å². The van der Waals surface area contributed by atoms with Gasteiger partial charge in [-0.15, -0.1) is 12.4 Å². The second-order valence-corrected chi connectivity index (χ2v) is 14.0. The highest BCUT2D eigenvalue weighted by atomic mass is 35.5. The highest BCUT2D eigenvalue weighted by Crippen LogP contribution is 2.30. The minimum absolute atomic E-state index is 0. The molecule has 16 heteroatoms. The molecule has 54 heavy (non-hydrogen) atoms. The van der Waals surface area contributed by atoms with E-state index in [4.69, 9.17) is 52.6 Å². The second kappa shape index (κ2) is 22.5. The van der Waals surface area contributed by atoms with Crippen LogP contribution in [0.4, 0.5) is 8.78 Å². The molecule has 11 nitrogen and oxygen atoms in total. The van der Waals surface area contributed by atoms with Crippen molar-refractivity contribution in [2.45, 2.75) is 92.3 Å². The number of methoxy groups -OCH3 is 1. The van der Waals surface area contributed by atoms with Crippen LogP contribution in [0, 0.1) is 29.4 Å². The molecule has 0 saturated heterocycles. The van der Waals surface area contributed by atoms with Crippen LogP contribution < -0.4 is 19.9 Å². The summed E-state index contributed by atoms with van der Waals surface area (Å²) in [5.41, 5.74) is 5.32. The number of esters is 2. The first-order valence-electron chi connectivity index (χ1n) is 16.9. The summed E-state index contributed by atoms with van der Waals surface area (Å²) in [7, 11) is 1.36. The predicted molar refractivity (Wildman–Crippen MR) is 204 cm³/mol. The monoisotopic (exact) mass is 820 g/mol. The van der Waals surface area contributed by atoms with Gasteiger partial charge in [-0.2, -0.15) is 0 Å². The molecular weight excluding hydrogens is 773 g/mol. The summed E-state index contributed by atoms with van der Waals surface area (Å²) in [5.74, 6) is -3.32. The van der Waals surface area contributed by atoms with E-state index in [9.17, 15) is 28.3 Å². The number of carbonyl (C=O) groups excluding carboxylic acids is 3. The van der Waals surface area contributed by atoms with Gasteiger partial charge >= 0.3 is 11.9 Å². The molecular formula is C38H49Cl3F2N2O9. The van der Waals surface area contributed by atoms with E-state index in [1.54, 1.807) is 27.7 Å². The minimum atomic E-state index is -0.799. The van der Waals surface area contributed by atoms with E-state index >= 15 is 0 Å². The van der Waals surface area contributed by atoms with Gasteiger partial charge in [-0.05, 0) is 56.9 Å². The first-order chi connectivity index (χ1) is 24.7. The SMILES string of the molecule is CC(C)[C@@H](OC(=O)[C@H](C)N)[C@H](C)Oc1cc(F)cc(Cl)c1.COc1ccnc(C(=O)C[C@@H](C)C(=O)O[C@H](C(C)C)[C@H](C)Oc2cc(F)cc(Cl)c2)c1O.Cl. The van der Waals surface area contributed by atoms with Crippen LogP contribution in [0.5, 0.6) is 23.0 Å². The molecule has 0 saturated carbocycles. The molecule has 2 aromatic carbocycles. The molecule has 0 aliphatic rings. The second-order valence-electron chi connectivity index (χ2n) is 13.2. The molecule has 3 N–H and O–H groups in total. The number of benzene rings is 2. The van der Waals surface area contributed by atoms with E-state index in [0.29, 0.717) is 0 Å². The van der Waals surface area contributed by atoms with E-state index in [-0.39, 0.29) is 69.4 Å².